The second-order valence-electron chi connectivity index (χ2n) is 6.51. The molecule has 0 radical (unpaired) electrons. The summed E-state index contributed by atoms with van der Waals surface area (Å²) in [6, 6.07) is 7.64. The molecule has 0 spiro atoms. The standard InChI is InChI=1S/C18H25N5O2/c1-12(10-14-6-4-7-15(11-14)25-3)19-18(24)21-16-8-5-9-23-17(16)20-13(2)22-23/h4,6-7,11-12,16H,5,8-10H2,1-3H3,(H2,19,21,24). The predicted octanol–water partition coefficient (Wildman–Crippen LogP) is 2.36. The first-order chi connectivity index (χ1) is 12.0. The fourth-order valence-corrected chi connectivity index (χ4v) is 3.23. The van der Waals surface area contributed by atoms with Crippen LogP contribution in [0.4, 0.5) is 4.79 Å². The van der Waals surface area contributed by atoms with Crippen LogP contribution in [0.2, 0.25) is 0 Å². The molecule has 0 aliphatic carbocycles. The summed E-state index contributed by atoms with van der Waals surface area (Å²) in [5.74, 6) is 2.42. The zero-order valence-corrected chi connectivity index (χ0v) is 15.0. The molecule has 2 heterocycles. The van der Waals surface area contributed by atoms with Crippen molar-refractivity contribution in [2.45, 2.75) is 51.7 Å². The van der Waals surface area contributed by atoms with E-state index in [2.05, 4.69) is 20.7 Å². The highest BCUT2D eigenvalue weighted by molar-refractivity contribution is 5.74. The molecule has 0 saturated carbocycles. The van der Waals surface area contributed by atoms with Crippen LogP contribution in [0.15, 0.2) is 24.3 Å². The molecule has 0 bridgehead atoms. The van der Waals surface area contributed by atoms with Crippen molar-refractivity contribution in [1.82, 2.24) is 25.4 Å². The Labute approximate surface area is 147 Å². The normalized spacial score (nSPS) is 17.5. The Kier molecular flexibility index (Phi) is 5.21. The fourth-order valence-electron chi connectivity index (χ4n) is 3.23. The third-order valence-electron chi connectivity index (χ3n) is 4.34. The Hall–Kier alpha value is -2.57. The number of amides is 2. The Morgan fingerprint density at radius 1 is 1.48 bits per heavy atom. The maximum Gasteiger partial charge on any atom is 0.315 e. The van der Waals surface area contributed by atoms with Crippen LogP contribution >= 0.6 is 0 Å². The van der Waals surface area contributed by atoms with Gasteiger partial charge in [0, 0.05) is 12.6 Å². The first kappa shape index (κ1) is 17.3. The van der Waals surface area contributed by atoms with Crippen molar-refractivity contribution >= 4 is 6.03 Å². The number of hydrogen-bond acceptors (Lipinski definition) is 4. The van der Waals surface area contributed by atoms with Gasteiger partial charge in [0.15, 0.2) is 0 Å². The third-order valence-corrected chi connectivity index (χ3v) is 4.34. The highest BCUT2D eigenvalue weighted by atomic mass is 16.5. The topological polar surface area (TPSA) is 81.1 Å². The molecule has 134 valence electrons. The first-order valence-electron chi connectivity index (χ1n) is 8.66. The summed E-state index contributed by atoms with van der Waals surface area (Å²) in [5.41, 5.74) is 1.13. The van der Waals surface area contributed by atoms with E-state index >= 15 is 0 Å². The molecule has 2 atom stereocenters. The van der Waals surface area contributed by atoms with E-state index in [9.17, 15) is 4.79 Å². The molecule has 2 unspecified atom stereocenters. The third kappa shape index (κ3) is 4.29. The Balaban J connectivity index is 1.55. The van der Waals surface area contributed by atoms with Crippen molar-refractivity contribution in [3.63, 3.8) is 0 Å². The predicted molar refractivity (Wildman–Crippen MR) is 94.6 cm³/mol. The van der Waals surface area contributed by atoms with Crippen LogP contribution in [-0.2, 0) is 13.0 Å². The van der Waals surface area contributed by atoms with Gasteiger partial charge in [-0.3, -0.25) is 0 Å². The second kappa shape index (κ2) is 7.55. The molecule has 1 aromatic carbocycles. The molecule has 2 aromatic rings. The van der Waals surface area contributed by atoms with Crippen LogP contribution in [0.5, 0.6) is 5.75 Å². The zero-order valence-electron chi connectivity index (χ0n) is 15.0. The van der Waals surface area contributed by atoms with Crippen molar-refractivity contribution in [1.29, 1.82) is 0 Å². The first-order valence-corrected chi connectivity index (χ1v) is 8.66. The van der Waals surface area contributed by atoms with E-state index in [0.717, 1.165) is 48.8 Å². The van der Waals surface area contributed by atoms with E-state index < -0.39 is 0 Å². The van der Waals surface area contributed by atoms with Crippen molar-refractivity contribution in [3.05, 3.63) is 41.5 Å². The number of nitrogens with zero attached hydrogens (tertiary/aromatic N) is 3. The summed E-state index contributed by atoms with van der Waals surface area (Å²) in [7, 11) is 1.65. The van der Waals surface area contributed by atoms with E-state index in [0.29, 0.717) is 0 Å². The van der Waals surface area contributed by atoms with Crippen molar-refractivity contribution in [2.24, 2.45) is 0 Å². The summed E-state index contributed by atoms with van der Waals surface area (Å²) in [4.78, 5) is 16.8. The molecule has 2 amide bonds. The van der Waals surface area contributed by atoms with Gasteiger partial charge in [-0.25, -0.2) is 14.5 Å². The number of hydrogen-bond donors (Lipinski definition) is 2. The van der Waals surface area contributed by atoms with Gasteiger partial charge in [-0.2, -0.15) is 5.10 Å². The lowest BCUT2D eigenvalue weighted by Gasteiger charge is -2.24. The number of aromatic nitrogens is 3. The van der Waals surface area contributed by atoms with Gasteiger partial charge < -0.3 is 15.4 Å². The minimum atomic E-state index is -0.172. The minimum Gasteiger partial charge on any atom is -0.497 e. The summed E-state index contributed by atoms with van der Waals surface area (Å²) in [6.45, 7) is 4.73. The lowest BCUT2D eigenvalue weighted by molar-refractivity contribution is 0.229. The smallest absolute Gasteiger partial charge is 0.315 e. The summed E-state index contributed by atoms with van der Waals surface area (Å²) < 4.78 is 7.13. The van der Waals surface area contributed by atoms with Crippen LogP contribution in [-0.4, -0.2) is 33.9 Å². The van der Waals surface area contributed by atoms with Gasteiger partial charge in [0.1, 0.15) is 17.4 Å². The summed E-state index contributed by atoms with van der Waals surface area (Å²) in [5, 5.41) is 10.4. The maximum atomic E-state index is 12.3. The molecule has 0 saturated heterocycles. The lowest BCUT2D eigenvalue weighted by atomic mass is 10.1. The lowest BCUT2D eigenvalue weighted by Crippen LogP contribution is -2.44. The van der Waals surface area contributed by atoms with Gasteiger partial charge in [-0.1, -0.05) is 12.1 Å². The number of rotatable bonds is 5. The van der Waals surface area contributed by atoms with Gasteiger partial charge in [0.2, 0.25) is 0 Å². The van der Waals surface area contributed by atoms with Gasteiger partial charge in [-0.05, 0) is 50.8 Å². The highest BCUT2D eigenvalue weighted by Gasteiger charge is 2.25. The fraction of sp³-hybridized carbons (Fsp3) is 0.500. The highest BCUT2D eigenvalue weighted by Crippen LogP contribution is 2.22. The molecule has 3 rings (SSSR count). The SMILES string of the molecule is COc1cccc(CC(C)NC(=O)NC2CCCn3nc(C)nc32)c1. The monoisotopic (exact) mass is 343 g/mol. The van der Waals surface area contributed by atoms with Gasteiger partial charge in [-0.15, -0.1) is 0 Å². The Morgan fingerprint density at radius 2 is 2.32 bits per heavy atom. The van der Waals surface area contributed by atoms with Crippen molar-refractivity contribution in [3.8, 4) is 5.75 Å². The van der Waals surface area contributed by atoms with Gasteiger partial charge in [0.25, 0.3) is 0 Å². The Bertz CT molecular complexity index is 743. The van der Waals surface area contributed by atoms with E-state index in [4.69, 9.17) is 4.74 Å². The van der Waals surface area contributed by atoms with Gasteiger partial charge >= 0.3 is 6.03 Å². The molecule has 0 fully saturated rings. The van der Waals surface area contributed by atoms with Crippen LogP contribution in [0.3, 0.4) is 0 Å². The number of carbonyl (C=O) groups is 1. The molecule has 7 nitrogen and oxygen atoms in total. The molecule has 2 N–H and O–H groups in total. The minimum absolute atomic E-state index is 0.00954. The molecule has 1 aromatic heterocycles. The molecule has 1 aliphatic heterocycles. The van der Waals surface area contributed by atoms with E-state index in [1.165, 1.54) is 0 Å². The summed E-state index contributed by atoms with van der Waals surface area (Å²) in [6.07, 6.45) is 2.61. The van der Waals surface area contributed by atoms with Crippen LogP contribution in [0, 0.1) is 6.92 Å². The quantitative estimate of drug-likeness (QED) is 0.873. The number of benzene rings is 1. The molecule has 25 heavy (non-hydrogen) atoms. The van der Waals surface area contributed by atoms with Gasteiger partial charge in [0.05, 0.1) is 13.2 Å². The average molecular weight is 343 g/mol. The van der Waals surface area contributed by atoms with E-state index in [-0.39, 0.29) is 18.1 Å². The number of urea groups is 1. The van der Waals surface area contributed by atoms with Crippen LogP contribution in [0.25, 0.3) is 0 Å². The molecular formula is C18H25N5O2. The number of fused-ring (bicyclic) bond motifs is 1. The van der Waals surface area contributed by atoms with Crippen molar-refractivity contribution in [2.75, 3.05) is 7.11 Å². The average Bonchev–Trinajstić information content (AvgIpc) is 2.96. The van der Waals surface area contributed by atoms with Crippen LogP contribution < -0.4 is 15.4 Å². The number of methoxy groups -OCH3 is 1. The molecular weight excluding hydrogens is 318 g/mol. The molecule has 7 heteroatoms. The maximum absolute atomic E-state index is 12.3. The second-order valence-corrected chi connectivity index (χ2v) is 6.51. The number of carbonyl (C=O) groups excluding carboxylic acids is 1. The Morgan fingerprint density at radius 3 is 3.12 bits per heavy atom. The number of ether oxygens (including phenoxy) is 1. The van der Waals surface area contributed by atoms with Crippen molar-refractivity contribution < 1.29 is 9.53 Å². The zero-order chi connectivity index (χ0) is 17.8. The van der Waals surface area contributed by atoms with E-state index in [1.807, 2.05) is 42.8 Å². The molecule has 1 aliphatic rings. The van der Waals surface area contributed by atoms with E-state index in [1.54, 1.807) is 7.11 Å². The number of nitrogens with one attached hydrogen (secondary N) is 2. The largest absolute Gasteiger partial charge is 0.497 e. The van der Waals surface area contributed by atoms with Crippen LogP contribution in [0.1, 0.15) is 43.0 Å². The number of aryl methyl sites for hydroxylation is 2. The summed E-state index contributed by atoms with van der Waals surface area (Å²) >= 11 is 0.